The lowest BCUT2D eigenvalue weighted by Crippen LogP contribution is -2.46. The van der Waals surface area contributed by atoms with Gasteiger partial charge in [-0.1, -0.05) is 31.2 Å². The fourth-order valence-corrected chi connectivity index (χ4v) is 3.52. The molecule has 1 unspecified atom stereocenters. The van der Waals surface area contributed by atoms with E-state index in [2.05, 4.69) is 55.1 Å². The first-order valence-electron chi connectivity index (χ1n) is 10.7. The van der Waals surface area contributed by atoms with Gasteiger partial charge < -0.3 is 25.8 Å². The molecular weight excluding hydrogens is 362 g/mol. The van der Waals surface area contributed by atoms with E-state index in [0.29, 0.717) is 25.3 Å². The van der Waals surface area contributed by atoms with Gasteiger partial charge in [-0.3, -0.25) is 4.79 Å². The minimum Gasteiger partial charge on any atom is -0.378 e. The molecule has 0 saturated carbocycles. The highest BCUT2D eigenvalue weighted by atomic mass is 16.2. The van der Waals surface area contributed by atoms with Crippen molar-refractivity contribution in [1.29, 1.82) is 0 Å². The summed E-state index contributed by atoms with van der Waals surface area (Å²) in [6.07, 6.45) is 5.05. The number of anilines is 1. The minimum atomic E-state index is 0.0117. The van der Waals surface area contributed by atoms with E-state index in [-0.39, 0.29) is 11.9 Å². The second kappa shape index (κ2) is 11.6. The normalized spacial score (nSPS) is 21.1. The first-order chi connectivity index (χ1) is 14.0. The average Bonchev–Trinajstić information content (AvgIpc) is 2.73. The van der Waals surface area contributed by atoms with E-state index in [1.54, 1.807) is 0 Å². The predicted octanol–water partition coefficient (Wildman–Crippen LogP) is 2.40. The predicted molar refractivity (Wildman–Crippen MR) is 122 cm³/mol. The molecule has 1 aliphatic heterocycles. The van der Waals surface area contributed by atoms with Gasteiger partial charge >= 0.3 is 0 Å². The van der Waals surface area contributed by atoms with Crippen molar-refractivity contribution in [3.8, 4) is 0 Å². The van der Waals surface area contributed by atoms with E-state index in [1.807, 2.05) is 35.2 Å². The second-order valence-corrected chi connectivity index (χ2v) is 7.45. The van der Waals surface area contributed by atoms with Crippen LogP contribution < -0.4 is 16.0 Å². The molecular formula is C23H37N5O. The van der Waals surface area contributed by atoms with Gasteiger partial charge in [0, 0.05) is 44.5 Å². The summed E-state index contributed by atoms with van der Waals surface area (Å²) < 4.78 is 0. The highest BCUT2D eigenvalue weighted by Crippen LogP contribution is 2.25. The molecule has 29 heavy (non-hydrogen) atoms. The molecule has 2 rings (SSSR count). The number of hydrogen-bond donors (Lipinski definition) is 2. The summed E-state index contributed by atoms with van der Waals surface area (Å²) in [6, 6.07) is 10.00. The Kier molecular flexibility index (Phi) is 9.22. The van der Waals surface area contributed by atoms with Crippen LogP contribution in [0.15, 0.2) is 53.9 Å². The van der Waals surface area contributed by atoms with Crippen LogP contribution in [-0.4, -0.2) is 68.1 Å². The molecule has 1 aliphatic rings. The highest BCUT2D eigenvalue weighted by Gasteiger charge is 2.29. The zero-order valence-corrected chi connectivity index (χ0v) is 18.4. The van der Waals surface area contributed by atoms with Crippen molar-refractivity contribution in [2.75, 3.05) is 51.2 Å². The quantitative estimate of drug-likeness (QED) is 0.633. The molecule has 1 aromatic carbocycles. The van der Waals surface area contributed by atoms with Crippen LogP contribution >= 0.6 is 0 Å². The third kappa shape index (κ3) is 6.08. The van der Waals surface area contributed by atoms with Gasteiger partial charge in [0.1, 0.15) is 5.70 Å². The Morgan fingerprint density at radius 3 is 2.52 bits per heavy atom. The standard InChI is InChI=1S/C23H37N5O/c1-5-26(4)18-16-25-22-21(27(6-2)17-15-24)14-10-11-19(3)28(23(22)29)20-12-8-7-9-13-20/h7-10,12-14,19,25H,5-6,11,15-18,24H2,1-4H3/b14-10+,22-21-. The van der Waals surface area contributed by atoms with E-state index < -0.39 is 0 Å². The molecule has 0 radical (unpaired) electrons. The third-order valence-electron chi connectivity index (χ3n) is 5.37. The van der Waals surface area contributed by atoms with Crippen LogP contribution in [0.25, 0.3) is 0 Å². The van der Waals surface area contributed by atoms with Gasteiger partial charge in [-0.15, -0.1) is 0 Å². The lowest BCUT2D eigenvalue weighted by atomic mass is 10.1. The second-order valence-electron chi connectivity index (χ2n) is 7.45. The SMILES string of the molecule is CCN(C)CCN/C1=C(N(CC)CCN)/C=C/CC(C)N(c2ccccc2)C1=O. The molecule has 0 spiro atoms. The number of carbonyl (C=O) groups excluding carboxylic acids is 1. The topological polar surface area (TPSA) is 64.8 Å². The Morgan fingerprint density at radius 1 is 1.17 bits per heavy atom. The van der Waals surface area contributed by atoms with Gasteiger partial charge in [0.2, 0.25) is 0 Å². The number of likely N-dealkylation sites (N-methyl/N-ethyl adjacent to an activating group) is 2. The molecule has 0 aliphatic carbocycles. The Hall–Kier alpha value is -2.31. The Morgan fingerprint density at radius 2 is 1.90 bits per heavy atom. The van der Waals surface area contributed by atoms with E-state index in [1.165, 1.54) is 0 Å². The first-order valence-corrected chi connectivity index (χ1v) is 10.7. The lowest BCUT2D eigenvalue weighted by molar-refractivity contribution is -0.116. The Bertz CT molecular complexity index is 700. The molecule has 0 bridgehead atoms. The zero-order chi connectivity index (χ0) is 21.2. The highest BCUT2D eigenvalue weighted by molar-refractivity contribution is 6.06. The van der Waals surface area contributed by atoms with Crippen molar-refractivity contribution in [3.63, 3.8) is 0 Å². The van der Waals surface area contributed by atoms with Crippen molar-refractivity contribution in [2.24, 2.45) is 5.73 Å². The molecule has 0 saturated heterocycles. The molecule has 3 N–H and O–H groups in total. The maximum Gasteiger partial charge on any atom is 0.276 e. The number of nitrogens with one attached hydrogen (secondary N) is 1. The van der Waals surface area contributed by atoms with Gasteiger partial charge in [-0.2, -0.15) is 0 Å². The maximum atomic E-state index is 13.8. The maximum absolute atomic E-state index is 13.8. The number of rotatable bonds is 10. The molecule has 6 nitrogen and oxygen atoms in total. The molecule has 1 aromatic rings. The van der Waals surface area contributed by atoms with Crippen LogP contribution in [0.3, 0.4) is 0 Å². The van der Waals surface area contributed by atoms with Crippen LogP contribution in [0.4, 0.5) is 5.69 Å². The molecule has 160 valence electrons. The third-order valence-corrected chi connectivity index (χ3v) is 5.37. The zero-order valence-electron chi connectivity index (χ0n) is 18.4. The monoisotopic (exact) mass is 399 g/mol. The lowest BCUT2D eigenvalue weighted by Gasteiger charge is -2.34. The van der Waals surface area contributed by atoms with Crippen molar-refractivity contribution in [3.05, 3.63) is 53.9 Å². The van der Waals surface area contributed by atoms with Gasteiger partial charge in [0.05, 0.1) is 5.70 Å². The summed E-state index contributed by atoms with van der Waals surface area (Å²) in [5.74, 6) is 0.0117. The number of amides is 1. The summed E-state index contributed by atoms with van der Waals surface area (Å²) in [5, 5.41) is 3.46. The summed E-state index contributed by atoms with van der Waals surface area (Å²) in [4.78, 5) is 20.1. The Balaban J connectivity index is 2.46. The van der Waals surface area contributed by atoms with Gasteiger partial charge in [-0.05, 0) is 52.1 Å². The fourth-order valence-electron chi connectivity index (χ4n) is 3.52. The summed E-state index contributed by atoms with van der Waals surface area (Å²) in [6.45, 7) is 10.9. The van der Waals surface area contributed by atoms with E-state index in [0.717, 1.165) is 37.4 Å². The van der Waals surface area contributed by atoms with Crippen LogP contribution in [0.1, 0.15) is 27.2 Å². The average molecular weight is 400 g/mol. The number of hydrogen-bond acceptors (Lipinski definition) is 5. The molecule has 1 atom stereocenters. The molecule has 0 aromatic heterocycles. The molecule has 0 fully saturated rings. The van der Waals surface area contributed by atoms with Gasteiger partial charge in [-0.25, -0.2) is 0 Å². The van der Waals surface area contributed by atoms with Crippen LogP contribution in [0.5, 0.6) is 0 Å². The van der Waals surface area contributed by atoms with E-state index >= 15 is 0 Å². The van der Waals surface area contributed by atoms with Crippen LogP contribution in [-0.2, 0) is 4.79 Å². The number of carbonyl (C=O) groups is 1. The van der Waals surface area contributed by atoms with Crippen LogP contribution in [0.2, 0.25) is 0 Å². The van der Waals surface area contributed by atoms with Crippen molar-refractivity contribution < 1.29 is 4.79 Å². The molecule has 1 amide bonds. The minimum absolute atomic E-state index is 0.0117. The van der Waals surface area contributed by atoms with Crippen LogP contribution in [0, 0.1) is 0 Å². The smallest absolute Gasteiger partial charge is 0.276 e. The number of allylic oxidation sites excluding steroid dienone is 1. The van der Waals surface area contributed by atoms with E-state index in [9.17, 15) is 4.79 Å². The molecule has 6 heteroatoms. The summed E-state index contributed by atoms with van der Waals surface area (Å²) in [7, 11) is 2.09. The number of nitrogens with two attached hydrogens (primary N) is 1. The van der Waals surface area contributed by atoms with E-state index in [4.69, 9.17) is 5.73 Å². The summed E-state index contributed by atoms with van der Waals surface area (Å²) >= 11 is 0. The summed E-state index contributed by atoms with van der Waals surface area (Å²) in [5.41, 5.74) is 8.35. The fraction of sp³-hybridized carbons (Fsp3) is 0.522. The van der Waals surface area contributed by atoms with Crippen molar-refractivity contribution in [2.45, 2.75) is 33.2 Å². The van der Waals surface area contributed by atoms with Crippen molar-refractivity contribution >= 4 is 11.6 Å². The Labute approximate surface area is 176 Å². The number of nitrogens with zero attached hydrogens (tertiary/aromatic N) is 3. The van der Waals surface area contributed by atoms with Gasteiger partial charge in [0.15, 0.2) is 0 Å². The number of para-hydroxylation sites is 1. The molecule has 1 heterocycles. The van der Waals surface area contributed by atoms with Gasteiger partial charge in [0.25, 0.3) is 5.91 Å². The van der Waals surface area contributed by atoms with Crippen molar-refractivity contribution in [1.82, 2.24) is 15.1 Å². The first kappa shape index (κ1) is 23.0. The largest absolute Gasteiger partial charge is 0.378 e. The number of benzene rings is 1.